The normalized spacial score (nSPS) is 12.5. The van der Waals surface area contributed by atoms with Crippen LogP contribution in [0.25, 0.3) is 16.7 Å². The van der Waals surface area contributed by atoms with Crippen molar-refractivity contribution in [2.45, 2.75) is 84.5 Å². The van der Waals surface area contributed by atoms with Gasteiger partial charge in [-0.3, -0.25) is 0 Å². The third-order valence-corrected chi connectivity index (χ3v) is 5.85. The Morgan fingerprint density at radius 3 is 2.14 bits per heavy atom. The van der Waals surface area contributed by atoms with Gasteiger partial charge in [-0.05, 0) is 55.0 Å². The van der Waals surface area contributed by atoms with Crippen molar-refractivity contribution >= 4 is 11.0 Å². The van der Waals surface area contributed by atoms with Crippen LogP contribution in [-0.4, -0.2) is 20.1 Å². The summed E-state index contributed by atoms with van der Waals surface area (Å²) >= 11 is 0. The molecule has 4 nitrogen and oxygen atoms in total. The van der Waals surface area contributed by atoms with E-state index in [2.05, 4.69) is 37.0 Å². The molecule has 0 amide bonds. The number of nitrogens with zero attached hydrogens (tertiary/aromatic N) is 3. The molecule has 4 heteroatoms. The van der Waals surface area contributed by atoms with Gasteiger partial charge in [0.25, 0.3) is 0 Å². The Kier molecular flexibility index (Phi) is 7.68. The summed E-state index contributed by atoms with van der Waals surface area (Å²) in [6.45, 7) is 6.56. The predicted molar refractivity (Wildman–Crippen MR) is 121 cm³/mol. The van der Waals surface area contributed by atoms with Crippen LogP contribution in [0, 0.1) is 6.92 Å². The van der Waals surface area contributed by atoms with Gasteiger partial charge in [-0.1, -0.05) is 77.0 Å². The van der Waals surface area contributed by atoms with Crippen LogP contribution < -0.4 is 0 Å². The second-order valence-corrected chi connectivity index (χ2v) is 8.22. The molecule has 0 aliphatic carbocycles. The summed E-state index contributed by atoms with van der Waals surface area (Å²) in [7, 11) is 0. The summed E-state index contributed by atoms with van der Waals surface area (Å²) in [6.07, 6.45) is 11.3. The molecule has 0 radical (unpaired) electrons. The molecule has 0 saturated carbocycles. The van der Waals surface area contributed by atoms with Gasteiger partial charge in [0, 0.05) is 0 Å². The second kappa shape index (κ2) is 10.4. The first-order chi connectivity index (χ1) is 14.1. The van der Waals surface area contributed by atoms with Gasteiger partial charge in [0.2, 0.25) is 0 Å². The number of unbranched alkanes of at least 4 members (excludes halogenated alkanes) is 6. The highest BCUT2D eigenvalue weighted by Gasteiger charge is 2.19. The summed E-state index contributed by atoms with van der Waals surface area (Å²) in [5.74, 6) is 0.694. The Balaban J connectivity index is 1.74. The maximum absolute atomic E-state index is 11.1. The molecular weight excluding hydrogens is 358 g/mol. The number of fused-ring (bicyclic) bond motifs is 1. The van der Waals surface area contributed by atoms with Gasteiger partial charge >= 0.3 is 0 Å². The van der Waals surface area contributed by atoms with Gasteiger partial charge < -0.3 is 5.11 Å². The topological polar surface area (TPSA) is 50.9 Å². The lowest BCUT2D eigenvalue weighted by Crippen LogP contribution is -2.05. The molecule has 3 rings (SSSR count). The fourth-order valence-electron chi connectivity index (χ4n) is 4.15. The van der Waals surface area contributed by atoms with Crippen LogP contribution in [0.5, 0.6) is 5.75 Å². The molecule has 0 bridgehead atoms. The van der Waals surface area contributed by atoms with E-state index in [1.165, 1.54) is 44.9 Å². The summed E-state index contributed by atoms with van der Waals surface area (Å²) < 4.78 is 0. The van der Waals surface area contributed by atoms with E-state index in [0.717, 1.165) is 35.0 Å². The predicted octanol–water partition coefficient (Wildman–Crippen LogP) is 7.07. The third kappa shape index (κ3) is 5.37. The van der Waals surface area contributed by atoms with Crippen molar-refractivity contribution in [2.75, 3.05) is 0 Å². The number of hydrogen-bond donors (Lipinski definition) is 1. The Morgan fingerprint density at radius 1 is 0.897 bits per heavy atom. The van der Waals surface area contributed by atoms with Gasteiger partial charge in [-0.15, -0.1) is 15.0 Å². The largest absolute Gasteiger partial charge is 0.505 e. The molecule has 0 spiro atoms. The van der Waals surface area contributed by atoms with E-state index < -0.39 is 0 Å². The molecule has 1 aromatic heterocycles. The summed E-state index contributed by atoms with van der Waals surface area (Å²) in [4.78, 5) is 1.58. The first kappa shape index (κ1) is 21.4. The minimum absolute atomic E-state index is 0.325. The second-order valence-electron chi connectivity index (χ2n) is 8.22. The minimum atomic E-state index is 0.325. The van der Waals surface area contributed by atoms with Crippen molar-refractivity contribution in [3.8, 4) is 11.4 Å². The highest BCUT2D eigenvalue weighted by molar-refractivity contribution is 5.73. The minimum Gasteiger partial charge on any atom is -0.505 e. The highest BCUT2D eigenvalue weighted by atomic mass is 16.3. The van der Waals surface area contributed by atoms with Gasteiger partial charge in [0.05, 0.1) is 0 Å². The number of aryl methyl sites for hydroxylation is 1. The number of phenols is 1. The van der Waals surface area contributed by atoms with Crippen LogP contribution in [0.1, 0.15) is 88.7 Å². The zero-order chi connectivity index (χ0) is 20.6. The highest BCUT2D eigenvalue weighted by Crippen LogP contribution is 2.37. The molecule has 1 heterocycles. The van der Waals surface area contributed by atoms with E-state index in [4.69, 9.17) is 0 Å². The van der Waals surface area contributed by atoms with Gasteiger partial charge in [-0.25, -0.2) is 0 Å². The quantitative estimate of drug-likeness (QED) is 0.354. The monoisotopic (exact) mass is 393 g/mol. The van der Waals surface area contributed by atoms with Crippen molar-refractivity contribution in [3.05, 3.63) is 47.5 Å². The van der Waals surface area contributed by atoms with Crippen molar-refractivity contribution in [1.29, 1.82) is 0 Å². The lowest BCUT2D eigenvalue weighted by Gasteiger charge is -2.19. The van der Waals surface area contributed by atoms with E-state index in [9.17, 15) is 5.11 Å². The van der Waals surface area contributed by atoms with E-state index in [0.29, 0.717) is 17.4 Å². The van der Waals surface area contributed by atoms with Crippen LogP contribution >= 0.6 is 0 Å². The SMILES string of the molecule is CCCCCCCCCC(CC)c1cc(C)cc(-n2nc3ccccc3n2)c1O. The van der Waals surface area contributed by atoms with E-state index >= 15 is 0 Å². The maximum atomic E-state index is 11.1. The number of hydrogen-bond acceptors (Lipinski definition) is 3. The van der Waals surface area contributed by atoms with Crippen molar-refractivity contribution in [3.63, 3.8) is 0 Å². The molecule has 3 aromatic rings. The smallest absolute Gasteiger partial charge is 0.146 e. The van der Waals surface area contributed by atoms with E-state index in [-0.39, 0.29) is 0 Å². The Morgan fingerprint density at radius 2 is 1.52 bits per heavy atom. The molecule has 0 saturated heterocycles. The maximum Gasteiger partial charge on any atom is 0.146 e. The molecule has 1 atom stereocenters. The number of aromatic hydroxyl groups is 1. The van der Waals surface area contributed by atoms with Crippen LogP contribution in [0.2, 0.25) is 0 Å². The van der Waals surface area contributed by atoms with Crippen molar-refractivity contribution < 1.29 is 5.11 Å². The lowest BCUT2D eigenvalue weighted by molar-refractivity contribution is 0.443. The Hall–Kier alpha value is -2.36. The first-order valence-electron chi connectivity index (χ1n) is 11.3. The molecule has 0 fully saturated rings. The zero-order valence-corrected chi connectivity index (χ0v) is 18.2. The Labute approximate surface area is 175 Å². The fourth-order valence-corrected chi connectivity index (χ4v) is 4.15. The number of phenolic OH excluding ortho intramolecular Hbond substituents is 1. The average Bonchev–Trinajstić information content (AvgIpc) is 3.16. The van der Waals surface area contributed by atoms with Crippen LogP contribution in [0.15, 0.2) is 36.4 Å². The molecule has 0 aliphatic heterocycles. The van der Waals surface area contributed by atoms with Gasteiger partial charge in [-0.2, -0.15) is 0 Å². The van der Waals surface area contributed by atoms with Crippen LogP contribution in [-0.2, 0) is 0 Å². The molecule has 0 aliphatic rings. The Bertz CT molecular complexity index is 883. The van der Waals surface area contributed by atoms with Crippen LogP contribution in [0.4, 0.5) is 0 Å². The van der Waals surface area contributed by atoms with E-state index in [1.807, 2.05) is 30.3 Å². The summed E-state index contributed by atoms with van der Waals surface area (Å²) in [5.41, 5.74) is 4.52. The summed E-state index contributed by atoms with van der Waals surface area (Å²) in [6, 6.07) is 11.9. The molecule has 1 unspecified atom stereocenters. The molecule has 2 aromatic carbocycles. The first-order valence-corrected chi connectivity index (χ1v) is 11.3. The summed E-state index contributed by atoms with van der Waals surface area (Å²) in [5, 5.41) is 20.2. The number of aromatic nitrogens is 3. The third-order valence-electron chi connectivity index (χ3n) is 5.85. The van der Waals surface area contributed by atoms with Crippen LogP contribution in [0.3, 0.4) is 0 Å². The fraction of sp³-hybridized carbons (Fsp3) is 0.520. The molecule has 29 heavy (non-hydrogen) atoms. The lowest BCUT2D eigenvalue weighted by atomic mass is 9.88. The van der Waals surface area contributed by atoms with Crippen molar-refractivity contribution in [1.82, 2.24) is 15.0 Å². The van der Waals surface area contributed by atoms with Crippen molar-refractivity contribution in [2.24, 2.45) is 0 Å². The standard InChI is InChI=1S/C25H35N3O/c1-4-6-7-8-9-10-11-14-20(5-2)21-17-19(3)18-24(25(21)29)28-26-22-15-12-13-16-23(22)27-28/h12-13,15-18,20,29H,4-11,14H2,1-3H3. The number of rotatable bonds is 11. The van der Waals surface area contributed by atoms with Gasteiger partial charge in [0.15, 0.2) is 0 Å². The molecule has 156 valence electrons. The van der Waals surface area contributed by atoms with Gasteiger partial charge in [0.1, 0.15) is 22.5 Å². The molecular formula is C25H35N3O. The van der Waals surface area contributed by atoms with E-state index in [1.54, 1.807) is 4.80 Å². The zero-order valence-electron chi connectivity index (χ0n) is 18.2. The average molecular weight is 394 g/mol. The number of benzene rings is 2. The molecule has 1 N–H and O–H groups in total.